The molecule has 2 aliphatic heterocycles. The van der Waals surface area contributed by atoms with Gasteiger partial charge in [-0.2, -0.15) is 0 Å². The maximum Gasteiger partial charge on any atom is 0.0126 e. The van der Waals surface area contributed by atoms with Gasteiger partial charge in [-0.3, -0.25) is 4.90 Å². The Morgan fingerprint density at radius 2 is 1.50 bits per heavy atom. The molecule has 1 aliphatic carbocycles. The van der Waals surface area contributed by atoms with Crippen LogP contribution in [0.15, 0.2) is 0 Å². The first-order valence-electron chi connectivity index (χ1n) is 11.3. The van der Waals surface area contributed by atoms with Crippen molar-refractivity contribution in [3.05, 3.63) is 0 Å². The molecule has 3 atom stereocenters. The molecule has 0 N–H and O–H groups in total. The molecule has 3 unspecified atom stereocenters. The number of nitrogens with zero attached hydrogens (tertiary/aromatic N) is 3. The molecule has 152 valence electrons. The molecule has 0 bridgehead atoms. The lowest BCUT2D eigenvalue weighted by Crippen LogP contribution is -2.54. The van der Waals surface area contributed by atoms with Crippen molar-refractivity contribution in [2.45, 2.75) is 85.2 Å². The Labute approximate surface area is 163 Å². The van der Waals surface area contributed by atoms with E-state index in [-0.39, 0.29) is 0 Å². The molecule has 0 amide bonds. The molecule has 2 saturated heterocycles. The van der Waals surface area contributed by atoms with Gasteiger partial charge in [0.1, 0.15) is 0 Å². The predicted molar refractivity (Wildman–Crippen MR) is 113 cm³/mol. The average Bonchev–Trinajstić information content (AvgIpc) is 3.02. The van der Waals surface area contributed by atoms with Crippen LogP contribution in [0.25, 0.3) is 0 Å². The van der Waals surface area contributed by atoms with Crippen molar-refractivity contribution in [2.24, 2.45) is 17.3 Å². The van der Waals surface area contributed by atoms with E-state index in [2.05, 4.69) is 56.2 Å². The van der Waals surface area contributed by atoms with Crippen LogP contribution < -0.4 is 0 Å². The molecular weight excluding hydrogens is 318 g/mol. The van der Waals surface area contributed by atoms with Gasteiger partial charge in [-0.25, -0.2) is 0 Å². The molecule has 0 aromatic heterocycles. The van der Waals surface area contributed by atoms with Crippen molar-refractivity contribution in [1.82, 2.24) is 14.7 Å². The van der Waals surface area contributed by atoms with Gasteiger partial charge in [0.15, 0.2) is 0 Å². The van der Waals surface area contributed by atoms with Crippen LogP contribution in [0, 0.1) is 17.3 Å². The summed E-state index contributed by atoms with van der Waals surface area (Å²) in [5.74, 6) is 1.83. The molecule has 3 aliphatic rings. The summed E-state index contributed by atoms with van der Waals surface area (Å²) in [7, 11) is 0. The third kappa shape index (κ3) is 5.23. The summed E-state index contributed by atoms with van der Waals surface area (Å²) in [6.07, 6.45) is 7.22. The molecule has 26 heavy (non-hydrogen) atoms. The van der Waals surface area contributed by atoms with Crippen LogP contribution in [0.3, 0.4) is 0 Å². The first kappa shape index (κ1) is 20.6. The fourth-order valence-corrected chi connectivity index (χ4v) is 5.59. The lowest BCUT2D eigenvalue weighted by Gasteiger charge is -2.43. The van der Waals surface area contributed by atoms with Gasteiger partial charge in [0.05, 0.1) is 0 Å². The van der Waals surface area contributed by atoms with Crippen LogP contribution >= 0.6 is 0 Å². The lowest BCUT2D eigenvalue weighted by atomic mass is 9.71. The summed E-state index contributed by atoms with van der Waals surface area (Å²) < 4.78 is 0. The second-order valence-electron chi connectivity index (χ2n) is 11.5. The van der Waals surface area contributed by atoms with Gasteiger partial charge in [-0.05, 0) is 70.3 Å². The number of piperazine rings is 1. The summed E-state index contributed by atoms with van der Waals surface area (Å²) in [4.78, 5) is 8.27. The van der Waals surface area contributed by atoms with E-state index in [1.165, 1.54) is 77.9 Å². The van der Waals surface area contributed by atoms with Crippen LogP contribution in [0.1, 0.15) is 73.6 Å². The number of likely N-dealkylation sites (tertiary alicyclic amines) is 1. The minimum atomic E-state index is 0.334. The number of rotatable bonds is 3. The summed E-state index contributed by atoms with van der Waals surface area (Å²) in [6.45, 7) is 23.5. The van der Waals surface area contributed by atoms with E-state index in [9.17, 15) is 0 Å². The highest BCUT2D eigenvalue weighted by atomic mass is 15.3. The first-order chi connectivity index (χ1) is 12.1. The maximum absolute atomic E-state index is 2.87. The van der Waals surface area contributed by atoms with Crippen LogP contribution in [-0.2, 0) is 0 Å². The maximum atomic E-state index is 2.87. The highest BCUT2D eigenvalue weighted by Gasteiger charge is 2.36. The molecule has 3 rings (SSSR count). The second-order valence-corrected chi connectivity index (χ2v) is 11.5. The van der Waals surface area contributed by atoms with Crippen LogP contribution in [0.2, 0.25) is 0 Å². The molecular formula is C23H45N3. The Morgan fingerprint density at radius 1 is 0.808 bits per heavy atom. The van der Waals surface area contributed by atoms with Crippen molar-refractivity contribution in [3.8, 4) is 0 Å². The van der Waals surface area contributed by atoms with Crippen molar-refractivity contribution in [2.75, 3.05) is 45.8 Å². The molecule has 2 heterocycles. The van der Waals surface area contributed by atoms with Crippen LogP contribution in [-0.4, -0.2) is 72.1 Å². The Morgan fingerprint density at radius 3 is 2.12 bits per heavy atom. The molecule has 1 saturated carbocycles. The molecule has 3 heteroatoms. The fourth-order valence-electron chi connectivity index (χ4n) is 5.59. The summed E-state index contributed by atoms with van der Waals surface area (Å²) in [6, 6.07) is 0.871. The largest absolute Gasteiger partial charge is 0.300 e. The SMILES string of the molecule is CC(C)(C)C1CCCC(N2CCC(CN3CCN(C(C)(C)C)CC3)C2)C1. The zero-order valence-corrected chi connectivity index (χ0v) is 18.6. The van der Waals surface area contributed by atoms with Gasteiger partial charge in [-0.1, -0.05) is 27.2 Å². The van der Waals surface area contributed by atoms with Gasteiger partial charge < -0.3 is 9.80 Å². The fraction of sp³-hybridized carbons (Fsp3) is 1.00. The van der Waals surface area contributed by atoms with E-state index in [1.807, 2.05) is 0 Å². The molecule has 0 aromatic carbocycles. The topological polar surface area (TPSA) is 9.72 Å². The van der Waals surface area contributed by atoms with Gasteiger partial charge >= 0.3 is 0 Å². The van der Waals surface area contributed by atoms with E-state index < -0.39 is 0 Å². The Bertz CT molecular complexity index is 439. The van der Waals surface area contributed by atoms with Gasteiger partial charge in [0, 0.05) is 50.8 Å². The van der Waals surface area contributed by atoms with E-state index in [4.69, 9.17) is 0 Å². The van der Waals surface area contributed by atoms with E-state index in [0.29, 0.717) is 11.0 Å². The van der Waals surface area contributed by atoms with Crippen LogP contribution in [0.4, 0.5) is 0 Å². The summed E-state index contributed by atoms with van der Waals surface area (Å²) in [5, 5.41) is 0. The van der Waals surface area contributed by atoms with Crippen LogP contribution in [0.5, 0.6) is 0 Å². The van der Waals surface area contributed by atoms with Gasteiger partial charge in [0.25, 0.3) is 0 Å². The average molecular weight is 364 g/mol. The zero-order valence-electron chi connectivity index (χ0n) is 18.6. The quantitative estimate of drug-likeness (QED) is 0.739. The monoisotopic (exact) mass is 363 g/mol. The zero-order chi connectivity index (χ0) is 18.9. The molecule has 0 radical (unpaired) electrons. The Balaban J connectivity index is 1.43. The van der Waals surface area contributed by atoms with E-state index in [1.54, 1.807) is 0 Å². The third-order valence-corrected chi connectivity index (χ3v) is 7.54. The number of hydrogen-bond donors (Lipinski definition) is 0. The second kappa shape index (κ2) is 8.09. The summed E-state index contributed by atoms with van der Waals surface area (Å²) >= 11 is 0. The van der Waals surface area contributed by atoms with Crippen molar-refractivity contribution in [1.29, 1.82) is 0 Å². The van der Waals surface area contributed by atoms with Gasteiger partial charge in [-0.15, -0.1) is 0 Å². The normalized spacial score (nSPS) is 33.7. The molecule has 3 fully saturated rings. The minimum absolute atomic E-state index is 0.334. The Hall–Kier alpha value is -0.120. The highest BCUT2D eigenvalue weighted by Crippen LogP contribution is 2.40. The first-order valence-corrected chi connectivity index (χ1v) is 11.3. The molecule has 3 nitrogen and oxygen atoms in total. The van der Waals surface area contributed by atoms with E-state index >= 15 is 0 Å². The standard InChI is InChI=1S/C23H45N3/c1-22(2,3)20-8-7-9-21(16-20)25-11-10-19(18-25)17-24-12-14-26(15-13-24)23(4,5)6/h19-21H,7-18H2,1-6H3. The molecule has 0 aromatic rings. The van der Waals surface area contributed by atoms with Gasteiger partial charge in [0.2, 0.25) is 0 Å². The smallest absolute Gasteiger partial charge is 0.0126 e. The minimum Gasteiger partial charge on any atom is -0.300 e. The third-order valence-electron chi connectivity index (χ3n) is 7.54. The van der Waals surface area contributed by atoms with Crippen molar-refractivity contribution < 1.29 is 0 Å². The van der Waals surface area contributed by atoms with E-state index in [0.717, 1.165) is 17.9 Å². The van der Waals surface area contributed by atoms with Crippen molar-refractivity contribution in [3.63, 3.8) is 0 Å². The number of hydrogen-bond acceptors (Lipinski definition) is 3. The molecule has 0 spiro atoms. The Kier molecular flexibility index (Phi) is 6.41. The lowest BCUT2D eigenvalue weighted by molar-refractivity contribution is 0.0539. The summed E-state index contributed by atoms with van der Waals surface area (Å²) in [5.41, 5.74) is 0.825. The van der Waals surface area contributed by atoms with Crippen molar-refractivity contribution >= 4 is 0 Å². The predicted octanol–water partition coefficient (Wildman–Crippen LogP) is 4.33. The highest BCUT2D eigenvalue weighted by molar-refractivity contribution is 4.90.